The Bertz CT molecular complexity index is 766. The molecule has 148 valence electrons. The summed E-state index contributed by atoms with van der Waals surface area (Å²) in [6.07, 6.45) is 9.35. The number of nitrogens with zero attached hydrogens (tertiary/aromatic N) is 3. The number of amides is 1. The normalized spacial score (nSPS) is 18.8. The second kappa shape index (κ2) is 9.20. The van der Waals surface area contributed by atoms with E-state index < -0.39 is 0 Å². The fourth-order valence-electron chi connectivity index (χ4n) is 4.24. The van der Waals surface area contributed by atoms with Crippen LogP contribution in [0.5, 0.6) is 11.5 Å². The summed E-state index contributed by atoms with van der Waals surface area (Å²) in [6.45, 7) is 4.34. The number of rotatable bonds is 5. The van der Waals surface area contributed by atoms with Gasteiger partial charge in [-0.15, -0.1) is 0 Å². The van der Waals surface area contributed by atoms with Gasteiger partial charge in [-0.1, -0.05) is 37.5 Å². The quantitative estimate of drug-likeness (QED) is 0.785. The number of ether oxygens (including phenoxy) is 1. The van der Waals surface area contributed by atoms with Crippen LogP contribution in [0, 0.1) is 5.92 Å². The number of pyridine rings is 1. The van der Waals surface area contributed by atoms with Crippen molar-refractivity contribution in [1.29, 1.82) is 0 Å². The molecular weight excluding hydrogens is 350 g/mol. The van der Waals surface area contributed by atoms with Gasteiger partial charge in [0.1, 0.15) is 11.5 Å². The summed E-state index contributed by atoms with van der Waals surface area (Å²) in [4.78, 5) is 21.4. The Morgan fingerprint density at radius 1 is 1.00 bits per heavy atom. The largest absolute Gasteiger partial charge is 0.455 e. The van der Waals surface area contributed by atoms with E-state index in [1.54, 1.807) is 12.4 Å². The van der Waals surface area contributed by atoms with E-state index in [4.69, 9.17) is 4.74 Å². The van der Waals surface area contributed by atoms with Gasteiger partial charge in [0.05, 0.1) is 6.20 Å². The lowest BCUT2D eigenvalue weighted by molar-refractivity contribution is -0.138. The van der Waals surface area contributed by atoms with Crippen LogP contribution in [0.3, 0.4) is 0 Å². The SMILES string of the molecule is O=C(C1CCCCC1)N1CCN(Cc2ccccc2Oc2cccnc2)CC1. The first-order valence-corrected chi connectivity index (χ1v) is 10.5. The molecule has 1 aromatic heterocycles. The summed E-state index contributed by atoms with van der Waals surface area (Å²) < 4.78 is 6.04. The van der Waals surface area contributed by atoms with Gasteiger partial charge in [0.25, 0.3) is 0 Å². The number of carbonyl (C=O) groups is 1. The molecule has 28 heavy (non-hydrogen) atoms. The van der Waals surface area contributed by atoms with Crippen LogP contribution in [0.1, 0.15) is 37.7 Å². The second-order valence-corrected chi connectivity index (χ2v) is 7.83. The predicted octanol–water partition coefficient (Wildman–Crippen LogP) is 4.10. The second-order valence-electron chi connectivity index (χ2n) is 7.83. The highest BCUT2D eigenvalue weighted by molar-refractivity contribution is 5.79. The Hall–Kier alpha value is -2.40. The van der Waals surface area contributed by atoms with E-state index in [1.807, 2.05) is 30.3 Å². The molecule has 1 saturated heterocycles. The van der Waals surface area contributed by atoms with Crippen molar-refractivity contribution in [3.63, 3.8) is 0 Å². The molecule has 0 unspecified atom stereocenters. The highest BCUT2D eigenvalue weighted by Gasteiger charge is 2.28. The average Bonchev–Trinajstić information content (AvgIpc) is 2.76. The van der Waals surface area contributed by atoms with Crippen molar-refractivity contribution < 1.29 is 9.53 Å². The molecule has 4 rings (SSSR count). The molecule has 2 fully saturated rings. The van der Waals surface area contributed by atoms with Crippen molar-refractivity contribution in [2.45, 2.75) is 38.6 Å². The standard InChI is InChI=1S/C23H29N3O2/c27-23(19-7-2-1-3-8-19)26-15-13-25(14-16-26)18-20-9-4-5-11-22(20)28-21-10-6-12-24-17-21/h4-6,9-12,17,19H,1-3,7-8,13-16,18H2. The number of para-hydroxylation sites is 1. The molecule has 5 heteroatoms. The zero-order valence-corrected chi connectivity index (χ0v) is 16.4. The maximum Gasteiger partial charge on any atom is 0.225 e. The van der Waals surface area contributed by atoms with Gasteiger partial charge in [0.15, 0.2) is 0 Å². The van der Waals surface area contributed by atoms with Crippen molar-refractivity contribution in [3.05, 3.63) is 54.4 Å². The molecule has 1 aliphatic heterocycles. The molecule has 1 saturated carbocycles. The van der Waals surface area contributed by atoms with Gasteiger partial charge in [-0.05, 0) is 31.0 Å². The van der Waals surface area contributed by atoms with E-state index in [-0.39, 0.29) is 5.92 Å². The minimum atomic E-state index is 0.272. The van der Waals surface area contributed by atoms with E-state index >= 15 is 0 Å². The molecular formula is C23H29N3O2. The summed E-state index contributed by atoms with van der Waals surface area (Å²) in [6, 6.07) is 12.0. The number of carbonyl (C=O) groups excluding carboxylic acids is 1. The first-order chi connectivity index (χ1) is 13.8. The van der Waals surface area contributed by atoms with Crippen molar-refractivity contribution in [2.75, 3.05) is 26.2 Å². The van der Waals surface area contributed by atoms with Gasteiger partial charge >= 0.3 is 0 Å². The van der Waals surface area contributed by atoms with Gasteiger partial charge in [-0.3, -0.25) is 14.7 Å². The third-order valence-electron chi connectivity index (χ3n) is 5.87. The summed E-state index contributed by atoms with van der Waals surface area (Å²) in [5, 5.41) is 0. The Morgan fingerprint density at radius 2 is 1.79 bits per heavy atom. The van der Waals surface area contributed by atoms with Crippen LogP contribution < -0.4 is 4.74 Å². The van der Waals surface area contributed by atoms with Crippen LogP contribution in [0.25, 0.3) is 0 Å². The van der Waals surface area contributed by atoms with E-state index in [1.165, 1.54) is 24.8 Å². The van der Waals surface area contributed by atoms with Crippen LogP contribution in [0.2, 0.25) is 0 Å². The van der Waals surface area contributed by atoms with Crippen molar-refractivity contribution >= 4 is 5.91 Å². The van der Waals surface area contributed by atoms with Gasteiger partial charge in [0.2, 0.25) is 5.91 Å². The Labute approximate surface area is 167 Å². The van der Waals surface area contributed by atoms with Crippen LogP contribution in [-0.4, -0.2) is 46.9 Å². The molecule has 2 heterocycles. The topological polar surface area (TPSA) is 45.7 Å². The first-order valence-electron chi connectivity index (χ1n) is 10.5. The molecule has 0 radical (unpaired) electrons. The maximum absolute atomic E-state index is 12.8. The fraction of sp³-hybridized carbons (Fsp3) is 0.478. The average molecular weight is 380 g/mol. The molecule has 0 bridgehead atoms. The molecule has 1 amide bonds. The van der Waals surface area contributed by atoms with Crippen LogP contribution in [0.4, 0.5) is 0 Å². The minimum absolute atomic E-state index is 0.272. The van der Waals surface area contributed by atoms with E-state index in [0.29, 0.717) is 5.91 Å². The molecule has 0 N–H and O–H groups in total. The van der Waals surface area contributed by atoms with Crippen molar-refractivity contribution in [3.8, 4) is 11.5 Å². The van der Waals surface area contributed by atoms with E-state index in [9.17, 15) is 4.79 Å². The molecule has 1 aromatic carbocycles. The van der Waals surface area contributed by atoms with Crippen LogP contribution in [0.15, 0.2) is 48.8 Å². The molecule has 5 nitrogen and oxygen atoms in total. The molecule has 2 aromatic rings. The molecule has 1 aliphatic carbocycles. The van der Waals surface area contributed by atoms with Crippen LogP contribution in [-0.2, 0) is 11.3 Å². The lowest BCUT2D eigenvalue weighted by atomic mass is 9.88. The van der Waals surface area contributed by atoms with Crippen molar-refractivity contribution in [1.82, 2.24) is 14.8 Å². The summed E-state index contributed by atoms with van der Waals surface area (Å²) in [7, 11) is 0. The minimum Gasteiger partial charge on any atom is -0.455 e. The molecule has 0 atom stereocenters. The lowest BCUT2D eigenvalue weighted by Crippen LogP contribution is -2.50. The Morgan fingerprint density at radius 3 is 2.54 bits per heavy atom. The van der Waals surface area contributed by atoms with Crippen molar-refractivity contribution in [2.24, 2.45) is 5.92 Å². The van der Waals surface area contributed by atoms with E-state index in [0.717, 1.165) is 57.1 Å². The third-order valence-corrected chi connectivity index (χ3v) is 5.87. The number of benzene rings is 1. The summed E-state index contributed by atoms with van der Waals surface area (Å²) >= 11 is 0. The summed E-state index contributed by atoms with van der Waals surface area (Å²) in [5.41, 5.74) is 1.17. The predicted molar refractivity (Wildman–Crippen MR) is 109 cm³/mol. The zero-order chi connectivity index (χ0) is 19.2. The zero-order valence-electron chi connectivity index (χ0n) is 16.4. The number of hydrogen-bond acceptors (Lipinski definition) is 4. The number of piperazine rings is 1. The Balaban J connectivity index is 1.33. The molecule has 2 aliphatic rings. The first kappa shape index (κ1) is 18.9. The van der Waals surface area contributed by atoms with E-state index in [2.05, 4.69) is 20.9 Å². The van der Waals surface area contributed by atoms with Gasteiger partial charge in [-0.25, -0.2) is 0 Å². The highest BCUT2D eigenvalue weighted by Crippen LogP contribution is 2.28. The monoisotopic (exact) mass is 379 g/mol. The van der Waals surface area contributed by atoms with Gasteiger partial charge in [0, 0.05) is 50.4 Å². The fourth-order valence-corrected chi connectivity index (χ4v) is 4.24. The molecule has 0 spiro atoms. The number of hydrogen-bond donors (Lipinski definition) is 0. The van der Waals surface area contributed by atoms with Gasteiger partial charge in [-0.2, -0.15) is 0 Å². The maximum atomic E-state index is 12.8. The smallest absolute Gasteiger partial charge is 0.225 e. The number of aromatic nitrogens is 1. The van der Waals surface area contributed by atoms with Gasteiger partial charge < -0.3 is 9.64 Å². The Kier molecular flexibility index (Phi) is 6.22. The van der Waals surface area contributed by atoms with Crippen LogP contribution >= 0.6 is 0 Å². The third kappa shape index (κ3) is 4.71. The lowest BCUT2D eigenvalue weighted by Gasteiger charge is -2.37. The summed E-state index contributed by atoms with van der Waals surface area (Å²) in [5.74, 6) is 2.28. The highest BCUT2D eigenvalue weighted by atomic mass is 16.5.